The third-order valence-corrected chi connectivity index (χ3v) is 5.14. The standard InChI is InChI=1S/C22H26N6/c1-16-13-17(2)26-22(25-16)27-21-7-6-19(14-24-21)20-5-3-4-12-28(20)15-18-8-10-23-11-9-18/h6-11,13-14,20H,3-5,12,15H2,1-2H3,(H,24,25,26,27). The highest BCUT2D eigenvalue weighted by molar-refractivity contribution is 5.48. The van der Waals surface area contributed by atoms with Crippen molar-refractivity contribution in [1.82, 2.24) is 24.8 Å². The number of aryl methyl sites for hydroxylation is 2. The van der Waals surface area contributed by atoms with E-state index < -0.39 is 0 Å². The number of aromatic nitrogens is 4. The van der Waals surface area contributed by atoms with E-state index in [1.165, 1.54) is 30.4 Å². The first-order valence-electron chi connectivity index (χ1n) is 9.85. The SMILES string of the molecule is Cc1cc(C)nc(Nc2ccc(C3CCCCN3Cc3ccncc3)cn2)n1. The lowest BCUT2D eigenvalue weighted by molar-refractivity contribution is 0.140. The molecule has 1 atom stereocenters. The summed E-state index contributed by atoms with van der Waals surface area (Å²) in [5.74, 6) is 1.36. The van der Waals surface area contributed by atoms with E-state index in [0.29, 0.717) is 12.0 Å². The molecule has 4 rings (SSSR count). The van der Waals surface area contributed by atoms with Crippen LogP contribution in [0.3, 0.4) is 0 Å². The van der Waals surface area contributed by atoms with E-state index in [2.05, 4.69) is 48.4 Å². The second-order valence-corrected chi connectivity index (χ2v) is 7.41. The molecule has 0 radical (unpaired) electrons. The van der Waals surface area contributed by atoms with Crippen molar-refractivity contribution in [2.75, 3.05) is 11.9 Å². The van der Waals surface area contributed by atoms with Gasteiger partial charge in [0.1, 0.15) is 5.82 Å². The largest absolute Gasteiger partial charge is 0.309 e. The van der Waals surface area contributed by atoms with E-state index in [4.69, 9.17) is 0 Å². The molecule has 1 unspecified atom stereocenters. The molecule has 0 bridgehead atoms. The van der Waals surface area contributed by atoms with Crippen LogP contribution in [-0.2, 0) is 6.54 Å². The molecule has 0 amide bonds. The smallest absolute Gasteiger partial charge is 0.228 e. The van der Waals surface area contributed by atoms with Crippen LogP contribution < -0.4 is 5.32 Å². The van der Waals surface area contributed by atoms with Crippen LogP contribution >= 0.6 is 0 Å². The molecule has 1 N–H and O–H groups in total. The summed E-state index contributed by atoms with van der Waals surface area (Å²) in [6.45, 7) is 6.00. The van der Waals surface area contributed by atoms with Crippen molar-refractivity contribution in [1.29, 1.82) is 0 Å². The van der Waals surface area contributed by atoms with Crippen molar-refractivity contribution in [3.8, 4) is 0 Å². The van der Waals surface area contributed by atoms with Crippen LogP contribution in [0, 0.1) is 13.8 Å². The minimum absolute atomic E-state index is 0.404. The number of piperidine rings is 1. The second kappa shape index (κ2) is 8.44. The molecule has 3 aromatic rings. The fourth-order valence-electron chi connectivity index (χ4n) is 3.85. The summed E-state index contributed by atoms with van der Waals surface area (Å²) in [6.07, 6.45) is 9.39. The monoisotopic (exact) mass is 374 g/mol. The maximum atomic E-state index is 4.62. The molecule has 0 aliphatic carbocycles. The van der Waals surface area contributed by atoms with Crippen molar-refractivity contribution in [2.24, 2.45) is 0 Å². The van der Waals surface area contributed by atoms with Gasteiger partial charge in [0.05, 0.1) is 0 Å². The van der Waals surface area contributed by atoms with Gasteiger partial charge in [0.15, 0.2) is 0 Å². The van der Waals surface area contributed by atoms with Crippen molar-refractivity contribution in [2.45, 2.75) is 45.7 Å². The average molecular weight is 374 g/mol. The van der Waals surface area contributed by atoms with Gasteiger partial charge in [0.2, 0.25) is 5.95 Å². The first-order chi connectivity index (χ1) is 13.7. The fraction of sp³-hybridized carbons (Fsp3) is 0.364. The Hall–Kier alpha value is -2.86. The van der Waals surface area contributed by atoms with E-state index in [1.54, 1.807) is 0 Å². The van der Waals surface area contributed by atoms with Gasteiger partial charge in [-0.3, -0.25) is 9.88 Å². The van der Waals surface area contributed by atoms with Gasteiger partial charge in [0, 0.05) is 42.6 Å². The normalized spacial score (nSPS) is 17.4. The summed E-state index contributed by atoms with van der Waals surface area (Å²) in [6, 6.07) is 10.8. The Balaban J connectivity index is 1.48. The maximum Gasteiger partial charge on any atom is 0.228 e. The van der Waals surface area contributed by atoms with E-state index in [9.17, 15) is 0 Å². The molecule has 1 saturated heterocycles. The summed E-state index contributed by atoms with van der Waals surface area (Å²) in [5, 5.41) is 3.21. The zero-order chi connectivity index (χ0) is 19.3. The van der Waals surface area contributed by atoms with Crippen LogP contribution in [-0.4, -0.2) is 31.4 Å². The lowest BCUT2D eigenvalue weighted by Crippen LogP contribution is -2.33. The first kappa shape index (κ1) is 18.5. The predicted octanol–water partition coefficient (Wildman–Crippen LogP) is 4.35. The highest BCUT2D eigenvalue weighted by Crippen LogP contribution is 2.32. The number of rotatable bonds is 5. The van der Waals surface area contributed by atoms with Crippen LogP contribution in [0.25, 0.3) is 0 Å². The quantitative estimate of drug-likeness (QED) is 0.716. The molecule has 0 spiro atoms. The number of anilines is 2. The topological polar surface area (TPSA) is 66.8 Å². The van der Waals surface area contributed by atoms with Gasteiger partial charge in [0.25, 0.3) is 0 Å². The zero-order valence-electron chi connectivity index (χ0n) is 16.5. The number of pyridine rings is 2. The van der Waals surface area contributed by atoms with Gasteiger partial charge in [-0.25, -0.2) is 15.0 Å². The second-order valence-electron chi connectivity index (χ2n) is 7.41. The van der Waals surface area contributed by atoms with Crippen LogP contribution in [0.5, 0.6) is 0 Å². The Morgan fingerprint density at radius 2 is 1.82 bits per heavy atom. The molecule has 6 nitrogen and oxygen atoms in total. The van der Waals surface area contributed by atoms with E-state index in [0.717, 1.165) is 30.3 Å². The zero-order valence-corrected chi connectivity index (χ0v) is 16.5. The van der Waals surface area contributed by atoms with Crippen molar-refractivity contribution >= 4 is 11.8 Å². The number of likely N-dealkylation sites (tertiary alicyclic amines) is 1. The molecule has 3 aromatic heterocycles. The molecule has 28 heavy (non-hydrogen) atoms. The molecule has 144 valence electrons. The van der Waals surface area contributed by atoms with Gasteiger partial charge in [-0.1, -0.05) is 12.5 Å². The van der Waals surface area contributed by atoms with Crippen molar-refractivity contribution < 1.29 is 0 Å². The summed E-state index contributed by atoms with van der Waals surface area (Å²) in [7, 11) is 0. The molecule has 6 heteroatoms. The number of hydrogen-bond acceptors (Lipinski definition) is 6. The highest BCUT2D eigenvalue weighted by Gasteiger charge is 2.24. The molecule has 1 aliphatic heterocycles. The predicted molar refractivity (Wildman–Crippen MR) is 110 cm³/mol. The van der Waals surface area contributed by atoms with Crippen molar-refractivity contribution in [3.05, 3.63) is 71.4 Å². The lowest BCUT2D eigenvalue weighted by atomic mass is 9.96. The van der Waals surface area contributed by atoms with Crippen LogP contribution in [0.2, 0.25) is 0 Å². The Labute approximate surface area is 166 Å². The Bertz CT molecular complexity index is 890. The molecule has 4 heterocycles. The summed E-state index contributed by atoms with van der Waals surface area (Å²) in [5.41, 5.74) is 4.46. The molecule has 0 saturated carbocycles. The van der Waals surface area contributed by atoms with Crippen LogP contribution in [0.15, 0.2) is 48.9 Å². The van der Waals surface area contributed by atoms with Gasteiger partial charge in [-0.05, 0) is 68.6 Å². The minimum Gasteiger partial charge on any atom is -0.309 e. The minimum atomic E-state index is 0.404. The van der Waals surface area contributed by atoms with E-state index in [1.807, 2.05) is 44.6 Å². The lowest BCUT2D eigenvalue weighted by Gasteiger charge is -2.36. The van der Waals surface area contributed by atoms with Gasteiger partial charge < -0.3 is 5.32 Å². The highest BCUT2D eigenvalue weighted by atomic mass is 15.2. The van der Waals surface area contributed by atoms with Crippen LogP contribution in [0.1, 0.15) is 47.8 Å². The maximum absolute atomic E-state index is 4.62. The number of hydrogen-bond donors (Lipinski definition) is 1. The number of nitrogens with zero attached hydrogens (tertiary/aromatic N) is 5. The summed E-state index contributed by atoms with van der Waals surface area (Å²) >= 11 is 0. The average Bonchev–Trinajstić information content (AvgIpc) is 2.69. The summed E-state index contributed by atoms with van der Waals surface area (Å²) in [4.78, 5) is 20.1. The molecule has 1 aliphatic rings. The molecule has 0 aromatic carbocycles. The van der Waals surface area contributed by atoms with Gasteiger partial charge in [-0.15, -0.1) is 0 Å². The van der Waals surface area contributed by atoms with Gasteiger partial charge >= 0.3 is 0 Å². The first-order valence-corrected chi connectivity index (χ1v) is 9.85. The van der Waals surface area contributed by atoms with Crippen LogP contribution in [0.4, 0.5) is 11.8 Å². The summed E-state index contributed by atoms with van der Waals surface area (Å²) < 4.78 is 0. The third kappa shape index (κ3) is 4.51. The third-order valence-electron chi connectivity index (χ3n) is 5.14. The Morgan fingerprint density at radius 3 is 2.54 bits per heavy atom. The fourth-order valence-corrected chi connectivity index (χ4v) is 3.85. The van der Waals surface area contributed by atoms with Crippen molar-refractivity contribution in [3.63, 3.8) is 0 Å². The van der Waals surface area contributed by atoms with Gasteiger partial charge in [-0.2, -0.15) is 0 Å². The molecular weight excluding hydrogens is 348 g/mol. The number of nitrogens with one attached hydrogen (secondary N) is 1. The molecular formula is C22H26N6. The Kier molecular flexibility index (Phi) is 5.58. The Morgan fingerprint density at radius 1 is 1.04 bits per heavy atom. The van der Waals surface area contributed by atoms with E-state index in [-0.39, 0.29) is 0 Å². The van der Waals surface area contributed by atoms with E-state index >= 15 is 0 Å². The molecule has 1 fully saturated rings.